The van der Waals surface area contributed by atoms with Crippen molar-refractivity contribution in [1.29, 1.82) is 0 Å². The van der Waals surface area contributed by atoms with Crippen molar-refractivity contribution in [1.82, 2.24) is 4.57 Å². The summed E-state index contributed by atoms with van der Waals surface area (Å²) in [6, 6.07) is 12.4. The first kappa shape index (κ1) is 22.7. The van der Waals surface area contributed by atoms with E-state index in [1.165, 1.54) is 28.0 Å². The predicted molar refractivity (Wildman–Crippen MR) is 124 cm³/mol. The van der Waals surface area contributed by atoms with Gasteiger partial charge in [-0.05, 0) is 62.2 Å². The van der Waals surface area contributed by atoms with E-state index >= 15 is 0 Å². The van der Waals surface area contributed by atoms with Crippen LogP contribution in [0.15, 0.2) is 69.6 Å². The highest BCUT2D eigenvalue weighted by atomic mass is 32.1. The van der Waals surface area contributed by atoms with Gasteiger partial charge in [0.25, 0.3) is 5.56 Å². The van der Waals surface area contributed by atoms with E-state index in [4.69, 9.17) is 9.47 Å². The van der Waals surface area contributed by atoms with Crippen molar-refractivity contribution in [2.75, 3.05) is 13.2 Å². The number of carbonyl (C=O) groups excluding carboxylic acids is 1. The van der Waals surface area contributed by atoms with E-state index in [0.717, 1.165) is 11.3 Å². The van der Waals surface area contributed by atoms with E-state index in [2.05, 4.69) is 4.99 Å². The van der Waals surface area contributed by atoms with Crippen molar-refractivity contribution in [2.45, 2.75) is 26.8 Å². The van der Waals surface area contributed by atoms with Crippen LogP contribution in [0.25, 0.3) is 6.08 Å². The van der Waals surface area contributed by atoms with Crippen LogP contribution in [0.4, 0.5) is 4.39 Å². The van der Waals surface area contributed by atoms with Gasteiger partial charge >= 0.3 is 5.97 Å². The lowest BCUT2D eigenvalue weighted by Crippen LogP contribution is -2.39. The molecule has 0 saturated carbocycles. The number of halogens is 1. The molecule has 0 fully saturated rings. The van der Waals surface area contributed by atoms with Crippen molar-refractivity contribution in [3.63, 3.8) is 0 Å². The summed E-state index contributed by atoms with van der Waals surface area (Å²) in [7, 11) is 0. The van der Waals surface area contributed by atoms with Gasteiger partial charge < -0.3 is 9.47 Å². The van der Waals surface area contributed by atoms with Gasteiger partial charge in [-0.15, -0.1) is 0 Å². The number of rotatable bonds is 6. The first-order valence-corrected chi connectivity index (χ1v) is 11.4. The largest absolute Gasteiger partial charge is 0.494 e. The number of aromatic nitrogens is 1. The zero-order chi connectivity index (χ0) is 23.5. The molecule has 33 heavy (non-hydrogen) atoms. The van der Waals surface area contributed by atoms with Crippen LogP contribution >= 0.6 is 11.3 Å². The van der Waals surface area contributed by atoms with Gasteiger partial charge in [0.05, 0.1) is 35.1 Å². The Bertz CT molecular complexity index is 1390. The van der Waals surface area contributed by atoms with Crippen LogP contribution in [0, 0.1) is 5.82 Å². The average Bonchev–Trinajstić information content (AvgIpc) is 3.09. The molecule has 2 heterocycles. The van der Waals surface area contributed by atoms with Gasteiger partial charge in [-0.3, -0.25) is 9.36 Å². The van der Waals surface area contributed by atoms with E-state index < -0.39 is 17.8 Å². The minimum Gasteiger partial charge on any atom is -0.494 e. The van der Waals surface area contributed by atoms with Crippen LogP contribution in [0.5, 0.6) is 5.75 Å². The highest BCUT2D eigenvalue weighted by molar-refractivity contribution is 7.07. The average molecular weight is 467 g/mol. The van der Waals surface area contributed by atoms with Gasteiger partial charge in [0.1, 0.15) is 11.6 Å². The molecule has 3 aromatic rings. The number of benzene rings is 2. The van der Waals surface area contributed by atoms with Gasteiger partial charge in [0.2, 0.25) is 0 Å². The highest BCUT2D eigenvalue weighted by Gasteiger charge is 2.33. The molecule has 0 unspecified atom stereocenters. The van der Waals surface area contributed by atoms with Gasteiger partial charge in [-0.25, -0.2) is 14.2 Å². The maximum absolute atomic E-state index is 13.6. The SMILES string of the molecule is CCOC(=O)C1=C(C)N=c2s/c(=C\c3ccc(OCC)cc3)c(=O)n2[C@H]1c1ccc(F)cc1. The van der Waals surface area contributed by atoms with E-state index in [1.54, 1.807) is 32.1 Å². The molecule has 2 aromatic carbocycles. The van der Waals surface area contributed by atoms with Gasteiger partial charge in [-0.1, -0.05) is 35.6 Å². The van der Waals surface area contributed by atoms with Crippen LogP contribution in [0.3, 0.4) is 0 Å². The lowest BCUT2D eigenvalue weighted by atomic mass is 9.96. The summed E-state index contributed by atoms with van der Waals surface area (Å²) < 4.78 is 26.3. The third-order valence-corrected chi connectivity index (χ3v) is 6.17. The number of hydrogen-bond acceptors (Lipinski definition) is 6. The van der Waals surface area contributed by atoms with E-state index in [0.29, 0.717) is 27.2 Å². The number of ether oxygens (including phenoxy) is 2. The number of carbonyl (C=O) groups is 1. The molecule has 0 bridgehead atoms. The molecule has 1 aromatic heterocycles. The van der Waals surface area contributed by atoms with Crippen molar-refractivity contribution in [2.24, 2.45) is 4.99 Å². The second-order valence-electron chi connectivity index (χ2n) is 7.36. The Balaban J connectivity index is 1.88. The number of esters is 1. The van der Waals surface area contributed by atoms with Crippen LogP contribution in [0.2, 0.25) is 0 Å². The summed E-state index contributed by atoms with van der Waals surface area (Å²) in [5.74, 6) is -0.198. The van der Waals surface area contributed by atoms with Gasteiger partial charge in [-0.2, -0.15) is 0 Å². The fraction of sp³-hybridized carbons (Fsp3) is 0.240. The van der Waals surface area contributed by atoms with Crippen LogP contribution < -0.4 is 19.6 Å². The monoisotopic (exact) mass is 466 g/mol. The minimum absolute atomic E-state index is 0.188. The maximum Gasteiger partial charge on any atom is 0.338 e. The Kier molecular flexibility index (Phi) is 6.55. The fourth-order valence-electron chi connectivity index (χ4n) is 3.73. The van der Waals surface area contributed by atoms with Gasteiger partial charge in [0.15, 0.2) is 4.80 Å². The molecular weight excluding hydrogens is 443 g/mol. The summed E-state index contributed by atoms with van der Waals surface area (Å²) in [6.07, 6.45) is 1.78. The Labute approximate surface area is 193 Å². The molecule has 1 aliphatic heterocycles. The fourth-order valence-corrected chi connectivity index (χ4v) is 4.78. The third kappa shape index (κ3) is 4.52. The molecule has 1 atom stereocenters. The number of allylic oxidation sites excluding steroid dienone is 1. The lowest BCUT2D eigenvalue weighted by Gasteiger charge is -2.24. The molecule has 6 nitrogen and oxygen atoms in total. The summed E-state index contributed by atoms with van der Waals surface area (Å²) in [5.41, 5.74) is 1.89. The Hall–Kier alpha value is -3.52. The van der Waals surface area contributed by atoms with Crippen LogP contribution in [-0.4, -0.2) is 23.8 Å². The molecular formula is C25H23FN2O4S. The molecule has 1 aliphatic rings. The van der Waals surface area contributed by atoms with E-state index in [1.807, 2.05) is 31.2 Å². The van der Waals surface area contributed by atoms with Crippen molar-refractivity contribution in [3.05, 3.63) is 96.4 Å². The lowest BCUT2D eigenvalue weighted by molar-refractivity contribution is -0.139. The summed E-state index contributed by atoms with van der Waals surface area (Å²) in [4.78, 5) is 31.3. The Morgan fingerprint density at radius 3 is 2.45 bits per heavy atom. The normalized spacial score (nSPS) is 15.8. The summed E-state index contributed by atoms with van der Waals surface area (Å²) in [6.45, 7) is 6.11. The second-order valence-corrected chi connectivity index (χ2v) is 8.36. The quantitative estimate of drug-likeness (QED) is 0.523. The Morgan fingerprint density at radius 1 is 1.12 bits per heavy atom. The van der Waals surface area contributed by atoms with Crippen molar-refractivity contribution < 1.29 is 18.7 Å². The van der Waals surface area contributed by atoms with E-state index in [-0.39, 0.29) is 17.7 Å². The number of fused-ring (bicyclic) bond motifs is 1. The Morgan fingerprint density at radius 2 is 1.82 bits per heavy atom. The number of thiazole rings is 1. The minimum atomic E-state index is -0.761. The predicted octanol–water partition coefficient (Wildman–Crippen LogP) is 3.34. The first-order valence-electron chi connectivity index (χ1n) is 10.6. The molecule has 8 heteroatoms. The van der Waals surface area contributed by atoms with Crippen LogP contribution in [0.1, 0.15) is 37.9 Å². The molecule has 0 N–H and O–H groups in total. The topological polar surface area (TPSA) is 69.9 Å². The maximum atomic E-state index is 13.6. The molecule has 0 saturated heterocycles. The first-order chi connectivity index (χ1) is 15.9. The third-order valence-electron chi connectivity index (χ3n) is 5.19. The highest BCUT2D eigenvalue weighted by Crippen LogP contribution is 2.30. The summed E-state index contributed by atoms with van der Waals surface area (Å²) >= 11 is 1.24. The summed E-state index contributed by atoms with van der Waals surface area (Å²) in [5, 5.41) is 0. The standard InChI is InChI=1S/C25H23FN2O4S/c1-4-31-19-12-6-16(7-13-19)14-20-23(29)28-22(17-8-10-18(26)11-9-17)21(24(30)32-5-2)15(3)27-25(28)33-20/h6-14,22H,4-5H2,1-3H3/b20-14-/t22-/m0/s1. The van der Waals surface area contributed by atoms with E-state index in [9.17, 15) is 14.0 Å². The zero-order valence-electron chi connectivity index (χ0n) is 18.5. The molecule has 0 radical (unpaired) electrons. The molecule has 4 rings (SSSR count). The van der Waals surface area contributed by atoms with Gasteiger partial charge in [0, 0.05) is 0 Å². The van der Waals surface area contributed by atoms with Crippen molar-refractivity contribution >= 4 is 23.4 Å². The van der Waals surface area contributed by atoms with Crippen molar-refractivity contribution in [3.8, 4) is 5.75 Å². The second kappa shape index (κ2) is 9.54. The molecule has 0 spiro atoms. The van der Waals surface area contributed by atoms with Crippen LogP contribution in [-0.2, 0) is 9.53 Å². The molecule has 0 amide bonds. The number of nitrogens with zero attached hydrogens (tertiary/aromatic N) is 2. The zero-order valence-corrected chi connectivity index (χ0v) is 19.3. The molecule has 170 valence electrons. The smallest absolute Gasteiger partial charge is 0.338 e. The molecule has 0 aliphatic carbocycles. The number of hydrogen-bond donors (Lipinski definition) is 0.